The third-order valence-corrected chi connectivity index (χ3v) is 3.25. The van der Waals surface area contributed by atoms with E-state index in [4.69, 9.17) is 4.74 Å². The fraction of sp³-hybridized carbons (Fsp3) is 0.417. The molecule has 1 fully saturated rings. The van der Waals surface area contributed by atoms with Crippen LogP contribution in [-0.2, 0) is 9.53 Å². The van der Waals surface area contributed by atoms with E-state index in [1.807, 2.05) is 6.92 Å². The van der Waals surface area contributed by atoms with Gasteiger partial charge >= 0.3 is 0 Å². The van der Waals surface area contributed by atoms with Gasteiger partial charge < -0.3 is 10.1 Å². The van der Waals surface area contributed by atoms with Gasteiger partial charge in [0, 0.05) is 4.47 Å². The van der Waals surface area contributed by atoms with Gasteiger partial charge in [-0.15, -0.1) is 0 Å². The normalized spacial score (nSPS) is 23.7. The van der Waals surface area contributed by atoms with Gasteiger partial charge in [-0.05, 0) is 31.5 Å². The summed E-state index contributed by atoms with van der Waals surface area (Å²) in [5.74, 6) is -0.816. The van der Waals surface area contributed by atoms with E-state index in [0.717, 1.165) is 0 Å². The molecule has 1 aliphatic rings. The van der Waals surface area contributed by atoms with Crippen molar-refractivity contribution in [3.05, 3.63) is 28.5 Å². The van der Waals surface area contributed by atoms with Gasteiger partial charge in [0.15, 0.2) is 0 Å². The van der Waals surface area contributed by atoms with E-state index >= 15 is 0 Å². The Kier molecular flexibility index (Phi) is 3.79. The second kappa shape index (κ2) is 5.14. The van der Waals surface area contributed by atoms with Crippen molar-refractivity contribution in [2.75, 3.05) is 11.9 Å². The van der Waals surface area contributed by atoms with Crippen LogP contribution >= 0.6 is 15.9 Å². The van der Waals surface area contributed by atoms with Crippen molar-refractivity contribution in [3.63, 3.8) is 0 Å². The van der Waals surface area contributed by atoms with Gasteiger partial charge in [0.25, 0.3) is 0 Å². The SMILES string of the molecule is CC1CC(C(=O)Nc2ccc(Br)cc2F)CO1. The standard InChI is InChI=1S/C12H13BrFNO2/c1-7-4-8(6-17-7)12(16)15-11-3-2-9(13)5-10(11)14/h2-3,5,7-8H,4,6H2,1H3,(H,15,16). The Morgan fingerprint density at radius 2 is 2.35 bits per heavy atom. The third-order valence-electron chi connectivity index (χ3n) is 2.76. The molecule has 0 radical (unpaired) electrons. The van der Waals surface area contributed by atoms with Crippen molar-refractivity contribution < 1.29 is 13.9 Å². The largest absolute Gasteiger partial charge is 0.378 e. The van der Waals surface area contributed by atoms with E-state index in [-0.39, 0.29) is 23.6 Å². The van der Waals surface area contributed by atoms with E-state index < -0.39 is 5.82 Å². The number of benzene rings is 1. The second-order valence-corrected chi connectivity index (χ2v) is 5.11. The van der Waals surface area contributed by atoms with Crippen LogP contribution in [0.5, 0.6) is 0 Å². The lowest BCUT2D eigenvalue weighted by Gasteiger charge is -2.10. The van der Waals surface area contributed by atoms with Crippen LogP contribution < -0.4 is 5.32 Å². The first kappa shape index (κ1) is 12.5. The number of rotatable bonds is 2. The quantitative estimate of drug-likeness (QED) is 0.912. The number of hydrogen-bond donors (Lipinski definition) is 1. The molecule has 5 heteroatoms. The van der Waals surface area contributed by atoms with E-state index in [9.17, 15) is 9.18 Å². The van der Waals surface area contributed by atoms with Crippen LogP contribution in [0.3, 0.4) is 0 Å². The number of nitrogens with one attached hydrogen (secondary N) is 1. The molecule has 2 unspecified atom stereocenters. The van der Waals surface area contributed by atoms with Gasteiger partial charge in [0.1, 0.15) is 5.82 Å². The second-order valence-electron chi connectivity index (χ2n) is 4.19. The molecule has 92 valence electrons. The molecule has 1 saturated heterocycles. The van der Waals surface area contributed by atoms with E-state index in [1.165, 1.54) is 12.1 Å². The summed E-state index contributed by atoms with van der Waals surface area (Å²) < 4.78 is 19.5. The van der Waals surface area contributed by atoms with Gasteiger partial charge in [-0.1, -0.05) is 15.9 Å². The summed E-state index contributed by atoms with van der Waals surface area (Å²) >= 11 is 3.16. The highest BCUT2D eigenvalue weighted by molar-refractivity contribution is 9.10. The van der Waals surface area contributed by atoms with Crippen molar-refractivity contribution in [2.45, 2.75) is 19.4 Å². The van der Waals surface area contributed by atoms with Crippen LogP contribution in [0, 0.1) is 11.7 Å². The molecule has 3 nitrogen and oxygen atoms in total. The number of halogens is 2. The summed E-state index contributed by atoms with van der Waals surface area (Å²) in [6.45, 7) is 2.33. The summed E-state index contributed by atoms with van der Waals surface area (Å²) in [4.78, 5) is 11.8. The summed E-state index contributed by atoms with van der Waals surface area (Å²) in [7, 11) is 0. The van der Waals surface area contributed by atoms with Gasteiger partial charge in [-0.3, -0.25) is 4.79 Å². The monoisotopic (exact) mass is 301 g/mol. The van der Waals surface area contributed by atoms with Crippen molar-refractivity contribution in [1.29, 1.82) is 0 Å². The average Bonchev–Trinajstić information content (AvgIpc) is 2.69. The maximum Gasteiger partial charge on any atom is 0.229 e. The van der Waals surface area contributed by atoms with Gasteiger partial charge in [0.2, 0.25) is 5.91 Å². The summed E-state index contributed by atoms with van der Waals surface area (Å²) in [5.41, 5.74) is 0.206. The summed E-state index contributed by atoms with van der Waals surface area (Å²) in [6.07, 6.45) is 0.782. The lowest BCUT2D eigenvalue weighted by molar-refractivity contribution is -0.119. The Morgan fingerprint density at radius 1 is 1.59 bits per heavy atom. The Bertz CT molecular complexity index is 439. The van der Waals surface area contributed by atoms with E-state index in [2.05, 4.69) is 21.2 Å². The molecule has 0 bridgehead atoms. The smallest absolute Gasteiger partial charge is 0.229 e. The van der Waals surface area contributed by atoms with Crippen molar-refractivity contribution in [2.24, 2.45) is 5.92 Å². The maximum absolute atomic E-state index is 13.5. The summed E-state index contributed by atoms with van der Waals surface area (Å²) in [6, 6.07) is 4.55. The molecule has 2 atom stereocenters. The van der Waals surface area contributed by atoms with Crippen molar-refractivity contribution >= 4 is 27.5 Å². The number of amides is 1. The zero-order valence-electron chi connectivity index (χ0n) is 9.37. The molecule has 1 aromatic carbocycles. The Morgan fingerprint density at radius 3 is 2.94 bits per heavy atom. The number of ether oxygens (including phenoxy) is 1. The highest BCUT2D eigenvalue weighted by Crippen LogP contribution is 2.23. The average molecular weight is 302 g/mol. The number of anilines is 1. The molecule has 2 rings (SSSR count). The van der Waals surface area contributed by atoms with Gasteiger partial charge in [-0.25, -0.2) is 4.39 Å². The number of hydrogen-bond acceptors (Lipinski definition) is 2. The number of carbonyl (C=O) groups is 1. The first-order valence-corrected chi connectivity index (χ1v) is 6.23. The fourth-order valence-electron chi connectivity index (χ4n) is 1.83. The highest BCUT2D eigenvalue weighted by atomic mass is 79.9. The molecular formula is C12H13BrFNO2. The Balaban J connectivity index is 2.03. The van der Waals surface area contributed by atoms with Crippen LogP contribution in [-0.4, -0.2) is 18.6 Å². The molecule has 1 aliphatic heterocycles. The first-order valence-electron chi connectivity index (χ1n) is 5.44. The maximum atomic E-state index is 13.5. The number of carbonyl (C=O) groups excluding carboxylic acids is 1. The summed E-state index contributed by atoms with van der Waals surface area (Å²) in [5, 5.41) is 2.59. The highest BCUT2D eigenvalue weighted by Gasteiger charge is 2.28. The van der Waals surface area contributed by atoms with Crippen molar-refractivity contribution in [3.8, 4) is 0 Å². The predicted octanol–water partition coefficient (Wildman–Crippen LogP) is 2.95. The minimum atomic E-state index is -0.445. The topological polar surface area (TPSA) is 38.3 Å². The first-order chi connectivity index (χ1) is 8.06. The molecule has 0 aliphatic carbocycles. The minimum absolute atomic E-state index is 0.0977. The molecule has 1 amide bonds. The van der Waals surface area contributed by atoms with E-state index in [0.29, 0.717) is 17.5 Å². The molecular weight excluding hydrogens is 289 g/mol. The molecule has 0 spiro atoms. The van der Waals surface area contributed by atoms with Gasteiger partial charge in [0.05, 0.1) is 24.3 Å². The van der Waals surface area contributed by atoms with Gasteiger partial charge in [-0.2, -0.15) is 0 Å². The molecule has 0 saturated carbocycles. The zero-order chi connectivity index (χ0) is 12.4. The van der Waals surface area contributed by atoms with Crippen molar-refractivity contribution in [1.82, 2.24) is 0 Å². The Labute approximate surface area is 107 Å². The lowest BCUT2D eigenvalue weighted by atomic mass is 10.1. The fourth-order valence-corrected chi connectivity index (χ4v) is 2.16. The molecule has 17 heavy (non-hydrogen) atoms. The van der Waals surface area contributed by atoms with Crippen LogP contribution in [0.2, 0.25) is 0 Å². The van der Waals surface area contributed by atoms with E-state index in [1.54, 1.807) is 6.07 Å². The molecule has 1 heterocycles. The van der Waals surface area contributed by atoms with Crippen LogP contribution in [0.1, 0.15) is 13.3 Å². The van der Waals surface area contributed by atoms with Crippen LogP contribution in [0.4, 0.5) is 10.1 Å². The minimum Gasteiger partial charge on any atom is -0.378 e. The predicted molar refractivity (Wildman–Crippen MR) is 66.3 cm³/mol. The molecule has 0 aromatic heterocycles. The molecule has 1 aromatic rings. The molecule has 1 N–H and O–H groups in total. The van der Waals surface area contributed by atoms with Crippen LogP contribution in [0.15, 0.2) is 22.7 Å². The Hall–Kier alpha value is -0.940. The zero-order valence-corrected chi connectivity index (χ0v) is 11.0. The lowest BCUT2D eigenvalue weighted by Crippen LogP contribution is -2.23. The van der Waals surface area contributed by atoms with Crippen LogP contribution in [0.25, 0.3) is 0 Å². The third kappa shape index (κ3) is 3.04.